The third kappa shape index (κ3) is 6.82. The highest BCUT2D eigenvalue weighted by molar-refractivity contribution is 5.97. The molecule has 3 aromatic rings. The number of hydrogen-bond donors (Lipinski definition) is 2. The predicted octanol–water partition coefficient (Wildman–Crippen LogP) is 3.50. The van der Waals surface area contributed by atoms with Crippen molar-refractivity contribution in [1.29, 1.82) is 0 Å². The molecule has 0 radical (unpaired) electrons. The number of ether oxygens (including phenoxy) is 1. The zero-order valence-corrected chi connectivity index (χ0v) is 17.3. The quantitative estimate of drug-likeness (QED) is 0.551. The van der Waals surface area contributed by atoms with Crippen molar-refractivity contribution in [3.05, 3.63) is 101 Å². The molecule has 158 valence electrons. The van der Waals surface area contributed by atoms with Crippen LogP contribution in [0.2, 0.25) is 0 Å². The number of benzene rings is 3. The Balaban J connectivity index is 1.47. The van der Waals surface area contributed by atoms with Gasteiger partial charge in [0.15, 0.2) is 6.61 Å². The molecule has 0 saturated heterocycles. The molecule has 2 amide bonds. The first-order chi connectivity index (χ1) is 15.0. The van der Waals surface area contributed by atoms with E-state index in [2.05, 4.69) is 10.6 Å². The summed E-state index contributed by atoms with van der Waals surface area (Å²) in [5.74, 6) is -1.51. The molecule has 0 aliphatic carbocycles. The van der Waals surface area contributed by atoms with E-state index in [-0.39, 0.29) is 12.5 Å². The van der Waals surface area contributed by atoms with Crippen molar-refractivity contribution in [3.8, 4) is 0 Å². The molecule has 0 aromatic heterocycles. The third-order valence-corrected chi connectivity index (χ3v) is 4.57. The number of esters is 1. The third-order valence-electron chi connectivity index (χ3n) is 4.57. The van der Waals surface area contributed by atoms with Crippen LogP contribution in [0.25, 0.3) is 0 Å². The minimum absolute atomic E-state index is 0.315. The van der Waals surface area contributed by atoms with E-state index in [1.807, 2.05) is 61.5 Å². The minimum Gasteiger partial charge on any atom is -0.454 e. The van der Waals surface area contributed by atoms with Crippen LogP contribution >= 0.6 is 0 Å². The van der Waals surface area contributed by atoms with Crippen LogP contribution in [0.15, 0.2) is 78.9 Å². The van der Waals surface area contributed by atoms with Crippen molar-refractivity contribution in [2.75, 3.05) is 18.5 Å². The maximum Gasteiger partial charge on any atom is 0.325 e. The largest absolute Gasteiger partial charge is 0.454 e. The van der Waals surface area contributed by atoms with E-state index in [0.29, 0.717) is 17.7 Å². The number of nitrogens with one attached hydrogen (secondary N) is 2. The molecule has 6 nitrogen and oxygen atoms in total. The number of rotatable bonds is 8. The first kappa shape index (κ1) is 21.8. The molecule has 6 heteroatoms. The Bertz CT molecular complexity index is 1060. The van der Waals surface area contributed by atoms with Crippen LogP contribution < -0.4 is 10.6 Å². The fourth-order valence-corrected chi connectivity index (χ4v) is 3.04. The molecule has 0 atom stereocenters. The molecule has 0 unspecified atom stereocenters. The van der Waals surface area contributed by atoms with Crippen LogP contribution in [0, 0.1) is 6.92 Å². The number of carbonyl (C=O) groups is 3. The monoisotopic (exact) mass is 416 g/mol. The van der Waals surface area contributed by atoms with Gasteiger partial charge in [0.2, 0.25) is 0 Å². The van der Waals surface area contributed by atoms with E-state index in [4.69, 9.17) is 4.74 Å². The Morgan fingerprint density at radius 3 is 2.39 bits per heavy atom. The summed E-state index contributed by atoms with van der Waals surface area (Å²) in [5.41, 5.74) is 4.15. The molecule has 3 aromatic carbocycles. The number of amides is 2. The zero-order chi connectivity index (χ0) is 22.1. The second-order valence-corrected chi connectivity index (χ2v) is 7.08. The lowest BCUT2D eigenvalue weighted by Crippen LogP contribution is -2.32. The van der Waals surface area contributed by atoms with Crippen LogP contribution in [0.4, 0.5) is 5.69 Å². The molecule has 0 heterocycles. The van der Waals surface area contributed by atoms with Gasteiger partial charge in [-0.3, -0.25) is 14.4 Å². The number of anilines is 1. The van der Waals surface area contributed by atoms with Gasteiger partial charge in [0.25, 0.3) is 11.8 Å². The summed E-state index contributed by atoms with van der Waals surface area (Å²) in [7, 11) is 0. The summed E-state index contributed by atoms with van der Waals surface area (Å²) < 4.78 is 4.98. The highest BCUT2D eigenvalue weighted by Crippen LogP contribution is 2.19. The number of aryl methyl sites for hydroxylation is 1. The van der Waals surface area contributed by atoms with Crippen molar-refractivity contribution >= 4 is 23.5 Å². The van der Waals surface area contributed by atoms with Gasteiger partial charge in [-0.05, 0) is 42.7 Å². The van der Waals surface area contributed by atoms with Gasteiger partial charge in [-0.1, -0.05) is 66.2 Å². The summed E-state index contributed by atoms with van der Waals surface area (Å²) in [6, 6.07) is 24.4. The lowest BCUT2D eigenvalue weighted by molar-refractivity contribution is -0.146. The Morgan fingerprint density at radius 1 is 0.871 bits per heavy atom. The first-order valence-corrected chi connectivity index (χ1v) is 9.93. The summed E-state index contributed by atoms with van der Waals surface area (Å²) in [5, 5.41) is 5.27. The molecular formula is C25H24N2O4. The van der Waals surface area contributed by atoms with E-state index >= 15 is 0 Å². The van der Waals surface area contributed by atoms with Gasteiger partial charge < -0.3 is 15.4 Å². The van der Waals surface area contributed by atoms with Crippen LogP contribution in [-0.4, -0.2) is 30.9 Å². The highest BCUT2D eigenvalue weighted by Gasteiger charge is 2.12. The van der Waals surface area contributed by atoms with Crippen molar-refractivity contribution in [2.45, 2.75) is 13.3 Å². The molecule has 0 saturated carbocycles. The molecule has 0 bridgehead atoms. The molecule has 2 N–H and O–H groups in total. The zero-order valence-electron chi connectivity index (χ0n) is 17.3. The Morgan fingerprint density at radius 2 is 1.61 bits per heavy atom. The summed E-state index contributed by atoms with van der Waals surface area (Å²) in [6.07, 6.45) is 0.669. The van der Waals surface area contributed by atoms with Crippen LogP contribution in [0.3, 0.4) is 0 Å². The molecular weight excluding hydrogens is 392 g/mol. The Hall–Kier alpha value is -3.93. The van der Waals surface area contributed by atoms with Gasteiger partial charge >= 0.3 is 5.97 Å². The Labute approximate surface area is 181 Å². The van der Waals surface area contributed by atoms with E-state index < -0.39 is 18.5 Å². The fraction of sp³-hybridized carbons (Fsp3) is 0.160. The molecule has 31 heavy (non-hydrogen) atoms. The first-order valence-electron chi connectivity index (χ1n) is 9.93. The minimum atomic E-state index is -0.686. The highest BCUT2D eigenvalue weighted by atomic mass is 16.5. The van der Waals surface area contributed by atoms with Crippen molar-refractivity contribution < 1.29 is 19.1 Å². The molecule has 0 aliphatic rings. The Kier molecular flexibility index (Phi) is 7.54. The predicted molar refractivity (Wildman–Crippen MR) is 119 cm³/mol. The SMILES string of the molecule is Cc1cccc(C(=O)NCC(=O)OCC(=O)Nc2ccccc2Cc2ccccc2)c1. The van der Waals surface area contributed by atoms with E-state index in [9.17, 15) is 14.4 Å². The molecule has 3 rings (SSSR count). The fourth-order valence-electron chi connectivity index (χ4n) is 3.04. The lowest BCUT2D eigenvalue weighted by Gasteiger charge is -2.12. The molecule has 0 aliphatic heterocycles. The van der Waals surface area contributed by atoms with Crippen molar-refractivity contribution in [3.63, 3.8) is 0 Å². The van der Waals surface area contributed by atoms with Crippen LogP contribution in [0.5, 0.6) is 0 Å². The van der Waals surface area contributed by atoms with Gasteiger partial charge in [-0.15, -0.1) is 0 Å². The number of hydrogen-bond acceptors (Lipinski definition) is 4. The summed E-state index contributed by atoms with van der Waals surface area (Å²) >= 11 is 0. The second kappa shape index (κ2) is 10.7. The summed E-state index contributed by atoms with van der Waals surface area (Å²) in [6.45, 7) is 1.13. The van der Waals surface area contributed by atoms with Gasteiger partial charge in [-0.2, -0.15) is 0 Å². The lowest BCUT2D eigenvalue weighted by atomic mass is 10.0. The molecule has 0 fully saturated rings. The standard InChI is InChI=1S/C25H24N2O4/c1-18-8-7-12-21(14-18)25(30)26-16-24(29)31-17-23(28)27-22-13-6-5-11-20(22)15-19-9-3-2-4-10-19/h2-14H,15-17H2,1H3,(H,26,30)(H,27,28). The molecule has 0 spiro atoms. The van der Waals surface area contributed by atoms with Gasteiger partial charge in [0, 0.05) is 11.3 Å². The van der Waals surface area contributed by atoms with Gasteiger partial charge in [-0.25, -0.2) is 0 Å². The van der Waals surface area contributed by atoms with Crippen molar-refractivity contribution in [1.82, 2.24) is 5.32 Å². The summed E-state index contributed by atoms with van der Waals surface area (Å²) in [4.78, 5) is 36.2. The van der Waals surface area contributed by atoms with Crippen molar-refractivity contribution in [2.24, 2.45) is 0 Å². The number of carbonyl (C=O) groups excluding carboxylic acids is 3. The van der Waals surface area contributed by atoms with Gasteiger partial charge in [0.1, 0.15) is 6.54 Å². The van der Waals surface area contributed by atoms with E-state index in [1.54, 1.807) is 24.3 Å². The topological polar surface area (TPSA) is 84.5 Å². The maximum absolute atomic E-state index is 12.2. The average molecular weight is 416 g/mol. The maximum atomic E-state index is 12.2. The average Bonchev–Trinajstić information content (AvgIpc) is 2.78. The van der Waals surface area contributed by atoms with Crippen LogP contribution in [0.1, 0.15) is 27.0 Å². The smallest absolute Gasteiger partial charge is 0.325 e. The van der Waals surface area contributed by atoms with E-state index in [1.165, 1.54) is 0 Å². The second-order valence-electron chi connectivity index (χ2n) is 7.08. The van der Waals surface area contributed by atoms with Gasteiger partial charge in [0.05, 0.1) is 0 Å². The van der Waals surface area contributed by atoms with E-state index in [0.717, 1.165) is 16.7 Å². The number of para-hydroxylation sites is 1. The normalized spacial score (nSPS) is 10.2. The van der Waals surface area contributed by atoms with Crippen LogP contribution in [-0.2, 0) is 20.7 Å².